The van der Waals surface area contributed by atoms with Gasteiger partial charge in [-0.25, -0.2) is 4.18 Å². The molecule has 62 valence electrons. The van der Waals surface area contributed by atoms with Gasteiger partial charge in [-0.2, -0.15) is 21.6 Å². The summed E-state index contributed by atoms with van der Waals surface area (Å²) < 4.78 is 56.6. The first-order valence-electron chi connectivity index (χ1n) is 1.83. The molecule has 0 amide bonds. The lowest BCUT2D eigenvalue weighted by Crippen LogP contribution is -2.24. The maximum absolute atomic E-state index is 11.2. The maximum Gasteiger partial charge on any atom is 0.523 e. The van der Waals surface area contributed by atoms with Crippen LogP contribution in [0.25, 0.3) is 0 Å². The molecule has 0 unspecified atom stereocenters. The fourth-order valence-electron chi connectivity index (χ4n) is 0.125. The molecule has 0 aromatic heterocycles. The molecule has 0 aliphatic heterocycles. The molecular weight excluding hydrogens is 197 g/mol. The third-order valence-electron chi connectivity index (χ3n) is 0.483. The van der Waals surface area contributed by atoms with Gasteiger partial charge in [0.15, 0.2) is 0 Å². The molecule has 0 aromatic carbocycles. The van der Waals surface area contributed by atoms with Crippen LogP contribution in [0.5, 0.6) is 0 Å². The van der Waals surface area contributed by atoms with E-state index >= 15 is 0 Å². The topological polar surface area (TPSA) is 43.4 Å². The molecule has 0 N–H and O–H groups in total. The smallest absolute Gasteiger partial charge is 0.247 e. The van der Waals surface area contributed by atoms with Crippen molar-refractivity contribution in [2.45, 2.75) is 5.51 Å². The Hall–Kier alpha value is -0.0100. The van der Waals surface area contributed by atoms with Crippen LogP contribution >= 0.6 is 11.6 Å². The molecule has 0 spiro atoms. The summed E-state index contributed by atoms with van der Waals surface area (Å²) in [7, 11) is -5.48. The van der Waals surface area contributed by atoms with Crippen molar-refractivity contribution >= 4 is 21.7 Å². The summed E-state index contributed by atoms with van der Waals surface area (Å²) in [6, 6.07) is -1.04. The highest BCUT2D eigenvalue weighted by atomic mass is 35.5. The highest BCUT2D eigenvalue weighted by Crippen LogP contribution is 2.24. The van der Waals surface area contributed by atoms with Gasteiger partial charge in [-0.3, -0.25) is 0 Å². The Bertz CT molecular complexity index is 194. The second-order valence-electron chi connectivity index (χ2n) is 1.13. The van der Waals surface area contributed by atoms with E-state index in [2.05, 4.69) is 15.8 Å². The van der Waals surface area contributed by atoms with Crippen molar-refractivity contribution in [2.75, 3.05) is 6.07 Å². The fraction of sp³-hybridized carbons (Fsp3) is 1.00. The Balaban J connectivity index is 4.44. The molecule has 0 saturated heterocycles. The van der Waals surface area contributed by atoms with E-state index in [1.165, 1.54) is 0 Å². The first-order valence-corrected chi connectivity index (χ1v) is 3.77. The summed E-state index contributed by atoms with van der Waals surface area (Å²) in [6.07, 6.45) is 0. The standard InChI is InChI=1S/C2H2ClF3O3S/c3-1-9-10(7,8)2(4,5)6/h1H2. The van der Waals surface area contributed by atoms with Crippen LogP contribution in [-0.2, 0) is 14.3 Å². The van der Waals surface area contributed by atoms with Gasteiger partial charge in [0.05, 0.1) is 0 Å². The molecular formula is C2H2ClF3O3S. The second-order valence-corrected chi connectivity index (χ2v) is 2.95. The van der Waals surface area contributed by atoms with E-state index in [1.807, 2.05) is 0 Å². The molecule has 10 heavy (non-hydrogen) atoms. The quantitative estimate of drug-likeness (QED) is 0.378. The van der Waals surface area contributed by atoms with Gasteiger partial charge in [0, 0.05) is 0 Å². The molecule has 0 aliphatic rings. The molecule has 0 aromatic rings. The van der Waals surface area contributed by atoms with Gasteiger partial charge in [-0.15, -0.1) is 0 Å². The molecule has 0 aliphatic carbocycles. The molecule has 0 fully saturated rings. The van der Waals surface area contributed by atoms with Crippen molar-refractivity contribution in [2.24, 2.45) is 0 Å². The van der Waals surface area contributed by atoms with Gasteiger partial charge in [0.2, 0.25) is 0 Å². The van der Waals surface area contributed by atoms with Crippen molar-refractivity contribution < 1.29 is 25.8 Å². The minimum Gasteiger partial charge on any atom is -0.247 e. The van der Waals surface area contributed by atoms with E-state index in [1.54, 1.807) is 0 Å². The highest BCUT2D eigenvalue weighted by molar-refractivity contribution is 7.87. The Morgan fingerprint density at radius 1 is 1.40 bits per heavy atom. The van der Waals surface area contributed by atoms with Crippen molar-refractivity contribution in [3.05, 3.63) is 0 Å². The van der Waals surface area contributed by atoms with Crippen molar-refractivity contribution in [3.63, 3.8) is 0 Å². The van der Waals surface area contributed by atoms with Crippen LogP contribution in [-0.4, -0.2) is 20.0 Å². The molecule has 3 nitrogen and oxygen atoms in total. The molecule has 0 heterocycles. The Kier molecular flexibility index (Phi) is 2.93. The average Bonchev–Trinajstić information content (AvgIpc) is 1.61. The van der Waals surface area contributed by atoms with E-state index < -0.39 is 21.7 Å². The molecule has 0 radical (unpaired) electrons. The van der Waals surface area contributed by atoms with Crippen molar-refractivity contribution in [3.8, 4) is 0 Å². The SMILES string of the molecule is O=S(=O)(OCCl)C(F)(F)F. The van der Waals surface area contributed by atoms with Crippen LogP contribution in [0.2, 0.25) is 0 Å². The lowest BCUT2D eigenvalue weighted by atomic mass is 11.6. The number of hydrogen-bond donors (Lipinski definition) is 0. The molecule has 0 saturated carbocycles. The zero-order valence-electron chi connectivity index (χ0n) is 4.35. The van der Waals surface area contributed by atoms with Crippen molar-refractivity contribution in [1.29, 1.82) is 0 Å². The Morgan fingerprint density at radius 3 is 1.90 bits per heavy atom. The van der Waals surface area contributed by atoms with Crippen LogP contribution in [0.15, 0.2) is 0 Å². The highest BCUT2D eigenvalue weighted by Gasteiger charge is 2.47. The first kappa shape index (κ1) is 9.99. The summed E-state index contributed by atoms with van der Waals surface area (Å²) in [5.41, 5.74) is -5.39. The van der Waals surface area contributed by atoms with E-state index in [-0.39, 0.29) is 0 Å². The maximum atomic E-state index is 11.2. The lowest BCUT2D eigenvalue weighted by molar-refractivity contribution is -0.0531. The first-order chi connectivity index (χ1) is 4.31. The van der Waals surface area contributed by atoms with Crippen LogP contribution < -0.4 is 0 Å². The third-order valence-corrected chi connectivity index (χ3v) is 1.72. The van der Waals surface area contributed by atoms with Gasteiger partial charge in [-0.05, 0) is 0 Å². The van der Waals surface area contributed by atoms with Gasteiger partial charge in [0.1, 0.15) is 6.07 Å². The molecule has 0 bridgehead atoms. The predicted molar refractivity (Wildman–Crippen MR) is 26.8 cm³/mol. The van der Waals surface area contributed by atoms with Crippen LogP contribution in [0, 0.1) is 0 Å². The van der Waals surface area contributed by atoms with Crippen LogP contribution in [0.3, 0.4) is 0 Å². The average molecular weight is 199 g/mol. The number of hydrogen-bond acceptors (Lipinski definition) is 3. The summed E-state index contributed by atoms with van der Waals surface area (Å²) >= 11 is 4.59. The molecule has 0 rings (SSSR count). The predicted octanol–water partition coefficient (Wildman–Crippen LogP) is 1.05. The summed E-state index contributed by atoms with van der Waals surface area (Å²) in [5, 5.41) is 0. The molecule has 0 atom stereocenters. The van der Waals surface area contributed by atoms with Gasteiger partial charge in [-0.1, -0.05) is 11.6 Å². The van der Waals surface area contributed by atoms with E-state index in [0.29, 0.717) is 0 Å². The lowest BCUT2D eigenvalue weighted by Gasteiger charge is -2.04. The van der Waals surface area contributed by atoms with Crippen LogP contribution in [0.4, 0.5) is 13.2 Å². The van der Waals surface area contributed by atoms with Gasteiger partial charge < -0.3 is 0 Å². The monoisotopic (exact) mass is 198 g/mol. The number of halogens is 4. The summed E-state index contributed by atoms with van der Waals surface area (Å²) in [6.45, 7) is 0. The molecule has 8 heteroatoms. The summed E-state index contributed by atoms with van der Waals surface area (Å²) in [4.78, 5) is 0. The fourth-order valence-corrected chi connectivity index (χ4v) is 0.728. The zero-order valence-corrected chi connectivity index (χ0v) is 5.92. The number of alkyl halides is 4. The largest absolute Gasteiger partial charge is 0.523 e. The Morgan fingerprint density at radius 2 is 1.80 bits per heavy atom. The normalized spacial score (nSPS) is 13.6. The number of rotatable bonds is 2. The zero-order chi connectivity index (χ0) is 8.41. The van der Waals surface area contributed by atoms with Crippen LogP contribution in [0.1, 0.15) is 0 Å². The van der Waals surface area contributed by atoms with E-state index in [4.69, 9.17) is 0 Å². The minimum absolute atomic E-state index is 1.04. The van der Waals surface area contributed by atoms with Gasteiger partial charge in [0.25, 0.3) is 0 Å². The third kappa shape index (κ3) is 2.31. The summed E-state index contributed by atoms with van der Waals surface area (Å²) in [5.74, 6) is 0. The second kappa shape index (κ2) is 2.93. The Labute approximate surface area is 59.9 Å². The van der Waals surface area contributed by atoms with Gasteiger partial charge >= 0.3 is 15.6 Å². The minimum atomic E-state index is -5.48. The van der Waals surface area contributed by atoms with Crippen molar-refractivity contribution in [1.82, 2.24) is 0 Å². The van der Waals surface area contributed by atoms with E-state index in [0.717, 1.165) is 0 Å². The van der Waals surface area contributed by atoms with E-state index in [9.17, 15) is 21.6 Å².